The summed E-state index contributed by atoms with van der Waals surface area (Å²) < 4.78 is 5.00. The van der Waals surface area contributed by atoms with Gasteiger partial charge in [-0.05, 0) is 25.7 Å². The number of esters is 1. The van der Waals surface area contributed by atoms with Crippen LogP contribution in [0.1, 0.15) is 48.0 Å². The Labute approximate surface area is 145 Å². The highest BCUT2D eigenvalue weighted by atomic mass is 16.5. The predicted molar refractivity (Wildman–Crippen MR) is 94.2 cm³/mol. The lowest BCUT2D eigenvalue weighted by Crippen LogP contribution is -2.52. The number of nitrogens with zero attached hydrogens (tertiary/aromatic N) is 1. The first-order valence-electron chi connectivity index (χ1n) is 8.52. The highest BCUT2D eigenvalue weighted by Gasteiger charge is 2.30. The molecule has 0 bridgehead atoms. The molecule has 6 heteroatoms. The second kappa shape index (κ2) is 10.8. The van der Waals surface area contributed by atoms with Crippen LogP contribution >= 0.6 is 0 Å². The maximum Gasteiger partial charge on any atom is 0.333 e. The molecule has 0 radical (unpaired) electrons. The Hall–Kier alpha value is -1.85. The Morgan fingerprint density at radius 1 is 1.21 bits per heavy atom. The van der Waals surface area contributed by atoms with Gasteiger partial charge in [-0.1, -0.05) is 40.2 Å². The Morgan fingerprint density at radius 2 is 1.79 bits per heavy atom. The van der Waals surface area contributed by atoms with E-state index in [0.717, 1.165) is 6.42 Å². The molecule has 0 heterocycles. The van der Waals surface area contributed by atoms with Gasteiger partial charge in [-0.15, -0.1) is 0 Å². The van der Waals surface area contributed by atoms with Crippen LogP contribution in [0.3, 0.4) is 0 Å². The van der Waals surface area contributed by atoms with Crippen LogP contribution in [0.4, 0.5) is 0 Å². The summed E-state index contributed by atoms with van der Waals surface area (Å²) in [6, 6.07) is -0.836. The summed E-state index contributed by atoms with van der Waals surface area (Å²) in [6.07, 6.45) is 3.09. The van der Waals surface area contributed by atoms with Crippen molar-refractivity contribution in [1.82, 2.24) is 10.2 Å². The number of hydrogen-bond acceptors (Lipinski definition) is 4. The number of carbonyl (C=O) groups is 3. The van der Waals surface area contributed by atoms with Crippen molar-refractivity contribution in [3.8, 4) is 0 Å². The van der Waals surface area contributed by atoms with Gasteiger partial charge < -0.3 is 15.0 Å². The van der Waals surface area contributed by atoms with E-state index in [0.29, 0.717) is 18.6 Å². The molecule has 0 saturated carbocycles. The minimum atomic E-state index is -0.574. The van der Waals surface area contributed by atoms with Crippen LogP contribution in [0.15, 0.2) is 11.6 Å². The molecule has 0 rings (SSSR count). The molecule has 1 N–H and O–H groups in total. The van der Waals surface area contributed by atoms with E-state index >= 15 is 0 Å². The first kappa shape index (κ1) is 22.1. The maximum atomic E-state index is 12.8. The highest BCUT2D eigenvalue weighted by Crippen LogP contribution is 2.18. The fourth-order valence-electron chi connectivity index (χ4n) is 2.47. The lowest BCUT2D eigenvalue weighted by Gasteiger charge is -2.33. The van der Waals surface area contributed by atoms with Gasteiger partial charge in [0.15, 0.2) is 0 Å². The SMILES string of the molecule is CCOC(=O)/C(C)=C/[C@H](C(C)C)N(C)C(=O)[C@@H](NC=O)[C@@H](C)CC. The quantitative estimate of drug-likeness (QED) is 0.375. The molecule has 0 fully saturated rings. The average Bonchev–Trinajstić information content (AvgIpc) is 2.55. The van der Waals surface area contributed by atoms with Crippen LogP contribution in [0, 0.1) is 11.8 Å². The molecule has 0 aromatic carbocycles. The summed E-state index contributed by atoms with van der Waals surface area (Å²) in [5.74, 6) is -0.415. The van der Waals surface area contributed by atoms with E-state index < -0.39 is 6.04 Å². The van der Waals surface area contributed by atoms with Gasteiger partial charge in [0, 0.05) is 12.6 Å². The van der Waals surface area contributed by atoms with Crippen LogP contribution in [0.5, 0.6) is 0 Å². The number of carbonyl (C=O) groups excluding carboxylic acids is 3. The molecular formula is C18H32N2O4. The molecule has 0 aliphatic heterocycles. The Morgan fingerprint density at radius 3 is 2.21 bits per heavy atom. The van der Waals surface area contributed by atoms with Gasteiger partial charge in [0.25, 0.3) is 0 Å². The third-order valence-electron chi connectivity index (χ3n) is 4.22. The van der Waals surface area contributed by atoms with E-state index in [-0.39, 0.29) is 29.8 Å². The molecule has 0 spiro atoms. The summed E-state index contributed by atoms with van der Waals surface area (Å²) in [7, 11) is 1.70. The van der Waals surface area contributed by atoms with Gasteiger partial charge in [-0.3, -0.25) is 9.59 Å². The number of likely N-dealkylation sites (N-methyl/N-ethyl adjacent to an activating group) is 1. The Kier molecular flexibility index (Phi) is 10.0. The second-order valence-corrected chi connectivity index (χ2v) is 6.40. The maximum absolute atomic E-state index is 12.8. The van der Waals surface area contributed by atoms with Crippen molar-refractivity contribution in [3.63, 3.8) is 0 Å². The van der Waals surface area contributed by atoms with Crippen LogP contribution < -0.4 is 5.32 Å². The molecule has 0 saturated heterocycles. The normalized spacial score (nSPS) is 15.4. The predicted octanol–water partition coefficient (Wildman–Crippen LogP) is 2.14. The van der Waals surface area contributed by atoms with Crippen molar-refractivity contribution >= 4 is 18.3 Å². The molecule has 0 aliphatic carbocycles. The smallest absolute Gasteiger partial charge is 0.333 e. The van der Waals surface area contributed by atoms with Crippen molar-refractivity contribution in [3.05, 3.63) is 11.6 Å². The Balaban J connectivity index is 5.43. The summed E-state index contributed by atoms with van der Waals surface area (Å²) in [4.78, 5) is 37.1. The fourth-order valence-corrected chi connectivity index (χ4v) is 2.47. The number of amides is 2. The van der Waals surface area contributed by atoms with Crippen molar-refractivity contribution in [1.29, 1.82) is 0 Å². The third-order valence-corrected chi connectivity index (χ3v) is 4.22. The zero-order valence-corrected chi connectivity index (χ0v) is 16.0. The molecular weight excluding hydrogens is 308 g/mol. The monoisotopic (exact) mass is 340 g/mol. The summed E-state index contributed by atoms with van der Waals surface area (Å²) >= 11 is 0. The van der Waals surface area contributed by atoms with Gasteiger partial charge in [0.05, 0.1) is 12.6 Å². The molecule has 0 aromatic rings. The topological polar surface area (TPSA) is 75.7 Å². The lowest BCUT2D eigenvalue weighted by molar-refractivity contribution is -0.139. The minimum absolute atomic E-state index is 0.0214. The Bertz CT molecular complexity index is 460. The average molecular weight is 340 g/mol. The van der Waals surface area contributed by atoms with E-state index in [9.17, 15) is 14.4 Å². The van der Waals surface area contributed by atoms with Crippen LogP contribution in [-0.2, 0) is 19.1 Å². The van der Waals surface area contributed by atoms with E-state index in [4.69, 9.17) is 4.74 Å². The first-order chi connectivity index (χ1) is 11.2. The standard InChI is InChI=1S/C18H32N2O4/c1-8-13(5)16(19-11-21)17(22)20(7)15(12(3)4)10-14(6)18(23)24-9-2/h10-13,15-16H,8-9H2,1-7H3,(H,19,21)/b14-10+/t13-,15+,16-/m0/s1. The number of hydrogen-bond donors (Lipinski definition) is 1. The molecule has 0 aromatic heterocycles. The largest absolute Gasteiger partial charge is 0.463 e. The summed E-state index contributed by atoms with van der Waals surface area (Å²) in [5, 5.41) is 2.62. The minimum Gasteiger partial charge on any atom is -0.463 e. The first-order valence-corrected chi connectivity index (χ1v) is 8.52. The molecule has 0 unspecified atom stereocenters. The zero-order chi connectivity index (χ0) is 18.9. The molecule has 6 nitrogen and oxygen atoms in total. The van der Waals surface area contributed by atoms with Gasteiger partial charge in [-0.25, -0.2) is 4.79 Å². The van der Waals surface area contributed by atoms with Gasteiger partial charge in [0.2, 0.25) is 12.3 Å². The van der Waals surface area contributed by atoms with Crippen LogP contribution in [0.25, 0.3) is 0 Å². The molecule has 138 valence electrons. The number of ether oxygens (including phenoxy) is 1. The van der Waals surface area contributed by atoms with E-state index in [1.54, 1.807) is 31.9 Å². The van der Waals surface area contributed by atoms with Gasteiger partial charge >= 0.3 is 5.97 Å². The van der Waals surface area contributed by atoms with Crippen LogP contribution in [0.2, 0.25) is 0 Å². The van der Waals surface area contributed by atoms with Gasteiger partial charge in [0.1, 0.15) is 6.04 Å². The fraction of sp³-hybridized carbons (Fsp3) is 0.722. The highest BCUT2D eigenvalue weighted by molar-refractivity contribution is 5.88. The van der Waals surface area contributed by atoms with E-state index in [1.807, 2.05) is 27.7 Å². The van der Waals surface area contributed by atoms with Crippen molar-refractivity contribution in [2.45, 2.75) is 60.0 Å². The molecule has 0 aliphatic rings. The van der Waals surface area contributed by atoms with Crippen molar-refractivity contribution in [2.75, 3.05) is 13.7 Å². The second-order valence-electron chi connectivity index (χ2n) is 6.40. The third kappa shape index (κ3) is 6.34. The molecule has 24 heavy (non-hydrogen) atoms. The van der Waals surface area contributed by atoms with Crippen molar-refractivity contribution < 1.29 is 19.1 Å². The van der Waals surface area contributed by atoms with Crippen LogP contribution in [-0.4, -0.2) is 48.9 Å². The summed E-state index contributed by atoms with van der Waals surface area (Å²) in [5.41, 5.74) is 0.471. The number of nitrogens with one attached hydrogen (secondary N) is 1. The lowest BCUT2D eigenvalue weighted by atomic mass is 9.95. The zero-order valence-electron chi connectivity index (χ0n) is 16.0. The van der Waals surface area contributed by atoms with E-state index in [1.165, 1.54) is 0 Å². The van der Waals surface area contributed by atoms with E-state index in [2.05, 4.69) is 5.32 Å². The van der Waals surface area contributed by atoms with Crippen molar-refractivity contribution in [2.24, 2.45) is 11.8 Å². The molecule has 3 atom stereocenters. The number of rotatable bonds is 10. The molecule has 2 amide bonds. The van der Waals surface area contributed by atoms with Gasteiger partial charge in [-0.2, -0.15) is 0 Å². The summed E-state index contributed by atoms with van der Waals surface area (Å²) in [6.45, 7) is 11.6.